The smallest absolute Gasteiger partial charge is 0.00488 e. The molecule has 0 unspecified atom stereocenters. The molecule has 0 rings (SSSR count). The van der Waals surface area contributed by atoms with E-state index in [0.717, 1.165) is 18.7 Å². The minimum absolute atomic E-state index is 0.834. The molecule has 0 saturated heterocycles. The summed E-state index contributed by atoms with van der Waals surface area (Å²) in [6, 6.07) is 0. The highest BCUT2D eigenvalue weighted by Gasteiger charge is 1.88. The molecule has 3 N–H and O–H groups in total. The van der Waals surface area contributed by atoms with E-state index in [9.17, 15) is 0 Å². The summed E-state index contributed by atoms with van der Waals surface area (Å²) in [5.74, 6) is 0. The normalized spacial score (nSPS) is 11.5. The van der Waals surface area contributed by atoms with E-state index in [1.165, 1.54) is 5.57 Å². The van der Waals surface area contributed by atoms with E-state index >= 15 is 0 Å². The van der Waals surface area contributed by atoms with E-state index < -0.39 is 0 Å². The van der Waals surface area contributed by atoms with Crippen LogP contribution in [0.5, 0.6) is 0 Å². The molecule has 2 heteroatoms. The first-order valence-electron chi connectivity index (χ1n) is 6.61. The SMILES string of the molecule is CC.CC.C\C=C(/C=C\C=C(/C)N)CCNC. The molecule has 0 radical (unpaired) electrons. The molecule has 0 aromatic heterocycles. The summed E-state index contributed by atoms with van der Waals surface area (Å²) < 4.78 is 0. The van der Waals surface area contributed by atoms with Gasteiger partial charge < -0.3 is 11.1 Å². The Bertz CT molecular complexity index is 209. The minimum atomic E-state index is 0.834. The van der Waals surface area contributed by atoms with Crippen molar-refractivity contribution in [3.05, 3.63) is 35.6 Å². The summed E-state index contributed by atoms with van der Waals surface area (Å²) >= 11 is 0. The number of nitrogens with one attached hydrogen (secondary N) is 1. The Hall–Kier alpha value is -1.02. The molecular formula is C15H32N2. The predicted octanol–water partition coefficient (Wildman–Crippen LogP) is 4.01. The summed E-state index contributed by atoms with van der Waals surface area (Å²) in [5.41, 5.74) is 7.66. The van der Waals surface area contributed by atoms with E-state index in [2.05, 4.69) is 17.5 Å². The van der Waals surface area contributed by atoms with Crippen molar-refractivity contribution < 1.29 is 0 Å². The molecule has 0 aromatic carbocycles. The quantitative estimate of drug-likeness (QED) is 0.712. The zero-order valence-electron chi connectivity index (χ0n) is 12.8. The van der Waals surface area contributed by atoms with Crippen LogP contribution in [0.3, 0.4) is 0 Å². The van der Waals surface area contributed by atoms with Crippen molar-refractivity contribution in [1.29, 1.82) is 0 Å². The fraction of sp³-hybridized carbons (Fsp3) is 0.600. The second kappa shape index (κ2) is 20.4. The molecule has 0 atom stereocenters. The van der Waals surface area contributed by atoms with Gasteiger partial charge in [0, 0.05) is 5.70 Å². The van der Waals surface area contributed by atoms with Gasteiger partial charge >= 0.3 is 0 Å². The topological polar surface area (TPSA) is 38.0 Å². The van der Waals surface area contributed by atoms with Gasteiger partial charge in [0.1, 0.15) is 0 Å². The van der Waals surface area contributed by atoms with Gasteiger partial charge in [-0.1, -0.05) is 51.5 Å². The fourth-order valence-corrected chi connectivity index (χ4v) is 0.917. The molecule has 0 saturated carbocycles. The van der Waals surface area contributed by atoms with Gasteiger partial charge in [0.15, 0.2) is 0 Å². The molecule has 17 heavy (non-hydrogen) atoms. The molecule has 0 aliphatic heterocycles. The Morgan fingerprint density at radius 1 is 1.18 bits per heavy atom. The zero-order valence-corrected chi connectivity index (χ0v) is 12.8. The van der Waals surface area contributed by atoms with Crippen molar-refractivity contribution in [2.24, 2.45) is 5.73 Å². The van der Waals surface area contributed by atoms with Crippen molar-refractivity contribution in [3.63, 3.8) is 0 Å². The number of nitrogens with two attached hydrogens (primary N) is 1. The fourth-order valence-electron chi connectivity index (χ4n) is 0.917. The monoisotopic (exact) mass is 240 g/mol. The van der Waals surface area contributed by atoms with Crippen molar-refractivity contribution in [3.8, 4) is 0 Å². The third kappa shape index (κ3) is 20.9. The third-order valence-electron chi connectivity index (χ3n) is 1.70. The largest absolute Gasteiger partial charge is 0.402 e. The Labute approximate surface area is 109 Å². The van der Waals surface area contributed by atoms with Gasteiger partial charge in [-0.15, -0.1) is 0 Å². The molecule has 0 heterocycles. The van der Waals surface area contributed by atoms with E-state index in [1.807, 2.05) is 60.7 Å². The Kier molecular flexibility index (Phi) is 25.5. The van der Waals surface area contributed by atoms with Crippen LogP contribution in [0, 0.1) is 0 Å². The summed E-state index contributed by atoms with van der Waals surface area (Å²) in [6.45, 7) is 12.9. The lowest BCUT2D eigenvalue weighted by molar-refractivity contribution is 0.793. The van der Waals surface area contributed by atoms with Crippen molar-refractivity contribution in [2.75, 3.05) is 13.6 Å². The Balaban J connectivity index is -0.000000439. The molecule has 0 fully saturated rings. The van der Waals surface area contributed by atoms with Crippen LogP contribution in [0.4, 0.5) is 0 Å². The lowest BCUT2D eigenvalue weighted by Crippen LogP contribution is -2.07. The van der Waals surface area contributed by atoms with Crippen LogP contribution >= 0.6 is 0 Å². The van der Waals surface area contributed by atoms with Crippen molar-refractivity contribution in [2.45, 2.75) is 48.0 Å². The van der Waals surface area contributed by atoms with Crippen LogP contribution in [-0.4, -0.2) is 13.6 Å². The molecule has 0 aliphatic rings. The molecule has 0 amide bonds. The van der Waals surface area contributed by atoms with Crippen LogP contribution in [0.15, 0.2) is 35.6 Å². The van der Waals surface area contributed by atoms with Gasteiger partial charge in [-0.2, -0.15) is 0 Å². The molecule has 0 aliphatic carbocycles. The molecule has 102 valence electrons. The van der Waals surface area contributed by atoms with Gasteiger partial charge in [0.05, 0.1) is 0 Å². The van der Waals surface area contributed by atoms with Crippen LogP contribution in [0.25, 0.3) is 0 Å². The van der Waals surface area contributed by atoms with Crippen molar-refractivity contribution in [1.82, 2.24) is 5.32 Å². The molecule has 0 spiro atoms. The highest BCUT2D eigenvalue weighted by atomic mass is 14.8. The van der Waals surface area contributed by atoms with Crippen LogP contribution < -0.4 is 11.1 Å². The van der Waals surface area contributed by atoms with E-state index in [1.54, 1.807) is 0 Å². The average Bonchev–Trinajstić information content (AvgIpc) is 2.38. The standard InChI is InChI=1S/C11H20N2.2C2H6/c1-4-11(8-9-13-3)7-5-6-10(2)12;2*1-2/h4-7,13H,8-9,12H2,1-3H3;2*1-2H3/b7-5-,10-6+,11-4+;;. The summed E-state index contributed by atoms with van der Waals surface area (Å²) in [7, 11) is 1.96. The zero-order chi connectivity index (χ0) is 14.1. The molecule has 2 nitrogen and oxygen atoms in total. The lowest BCUT2D eigenvalue weighted by Gasteiger charge is -1.99. The maximum absolute atomic E-state index is 5.50. The summed E-state index contributed by atoms with van der Waals surface area (Å²) in [5, 5.41) is 3.12. The number of hydrogen-bond donors (Lipinski definition) is 2. The summed E-state index contributed by atoms with van der Waals surface area (Å²) in [6.07, 6.45) is 9.16. The van der Waals surface area contributed by atoms with Crippen LogP contribution in [0.1, 0.15) is 48.0 Å². The van der Waals surface area contributed by atoms with Crippen LogP contribution in [-0.2, 0) is 0 Å². The first kappa shape index (κ1) is 21.3. The maximum Gasteiger partial charge on any atom is 0.00488 e. The number of rotatable bonds is 5. The third-order valence-corrected chi connectivity index (χ3v) is 1.70. The first-order valence-corrected chi connectivity index (χ1v) is 6.61. The Morgan fingerprint density at radius 3 is 2.06 bits per heavy atom. The number of hydrogen-bond acceptors (Lipinski definition) is 2. The first-order chi connectivity index (χ1) is 8.20. The lowest BCUT2D eigenvalue weighted by atomic mass is 10.1. The van der Waals surface area contributed by atoms with E-state index in [-0.39, 0.29) is 0 Å². The minimum Gasteiger partial charge on any atom is -0.402 e. The van der Waals surface area contributed by atoms with Crippen molar-refractivity contribution >= 4 is 0 Å². The summed E-state index contributed by atoms with van der Waals surface area (Å²) in [4.78, 5) is 0. The van der Waals surface area contributed by atoms with Gasteiger partial charge in [-0.25, -0.2) is 0 Å². The highest BCUT2D eigenvalue weighted by molar-refractivity contribution is 5.22. The second-order valence-corrected chi connectivity index (χ2v) is 2.99. The highest BCUT2D eigenvalue weighted by Crippen LogP contribution is 2.02. The van der Waals surface area contributed by atoms with E-state index in [0.29, 0.717) is 0 Å². The average molecular weight is 240 g/mol. The molecule has 0 bridgehead atoms. The van der Waals surface area contributed by atoms with Gasteiger partial charge in [-0.3, -0.25) is 0 Å². The maximum atomic E-state index is 5.50. The van der Waals surface area contributed by atoms with Gasteiger partial charge in [0.25, 0.3) is 0 Å². The number of allylic oxidation sites excluding steroid dienone is 5. The van der Waals surface area contributed by atoms with E-state index in [4.69, 9.17) is 5.73 Å². The Morgan fingerprint density at radius 2 is 1.71 bits per heavy atom. The molecule has 0 aromatic rings. The predicted molar refractivity (Wildman–Crippen MR) is 82.1 cm³/mol. The van der Waals surface area contributed by atoms with Crippen LogP contribution in [0.2, 0.25) is 0 Å². The second-order valence-electron chi connectivity index (χ2n) is 2.99. The van der Waals surface area contributed by atoms with Gasteiger partial charge in [0.2, 0.25) is 0 Å². The van der Waals surface area contributed by atoms with Gasteiger partial charge in [-0.05, 0) is 39.9 Å². The molecular weight excluding hydrogens is 208 g/mol.